The number of allylic oxidation sites excluding steroid dienone is 1. The first-order valence-corrected chi connectivity index (χ1v) is 6.93. The zero-order chi connectivity index (χ0) is 15.8. The summed E-state index contributed by atoms with van der Waals surface area (Å²) in [6.07, 6.45) is 5.02. The largest absolute Gasteiger partial charge is 0.497 e. The summed E-state index contributed by atoms with van der Waals surface area (Å²) < 4.78 is 10.5. The molecule has 2 aromatic rings. The lowest BCUT2D eigenvalue weighted by molar-refractivity contribution is 0.104. The molecule has 0 saturated carbocycles. The second-order valence-corrected chi connectivity index (χ2v) is 4.60. The van der Waals surface area contributed by atoms with Crippen molar-refractivity contribution in [1.82, 2.24) is 0 Å². The number of rotatable bonds is 7. The minimum absolute atomic E-state index is 0.0640. The van der Waals surface area contributed by atoms with E-state index in [2.05, 4.69) is 6.58 Å². The van der Waals surface area contributed by atoms with Crippen molar-refractivity contribution >= 4 is 11.9 Å². The summed E-state index contributed by atoms with van der Waals surface area (Å²) in [5.74, 6) is 1.38. The second kappa shape index (κ2) is 7.84. The molecule has 0 saturated heterocycles. The van der Waals surface area contributed by atoms with Crippen LogP contribution in [0.1, 0.15) is 15.9 Å². The Hall–Kier alpha value is -2.81. The van der Waals surface area contributed by atoms with E-state index in [0.29, 0.717) is 17.9 Å². The molecule has 0 heterocycles. The van der Waals surface area contributed by atoms with Crippen LogP contribution in [0.2, 0.25) is 0 Å². The second-order valence-electron chi connectivity index (χ2n) is 4.60. The van der Waals surface area contributed by atoms with Gasteiger partial charge >= 0.3 is 0 Å². The molecule has 0 aliphatic rings. The molecule has 0 fully saturated rings. The Morgan fingerprint density at radius 1 is 1.14 bits per heavy atom. The number of ketones is 1. The minimum atomic E-state index is -0.0640. The zero-order valence-electron chi connectivity index (χ0n) is 12.5. The Kier molecular flexibility index (Phi) is 5.55. The highest BCUT2D eigenvalue weighted by atomic mass is 16.5. The van der Waals surface area contributed by atoms with Crippen LogP contribution >= 0.6 is 0 Å². The fourth-order valence-corrected chi connectivity index (χ4v) is 1.87. The molecule has 0 aliphatic heterocycles. The molecule has 0 amide bonds. The third-order valence-electron chi connectivity index (χ3n) is 3.03. The van der Waals surface area contributed by atoms with Crippen LogP contribution in [0.4, 0.5) is 0 Å². The van der Waals surface area contributed by atoms with Gasteiger partial charge in [0.25, 0.3) is 0 Å². The predicted octanol–water partition coefficient (Wildman–Crippen LogP) is 4.16. The standard InChI is InChI=1S/C19H18O3/c1-3-13-22-17-10-7-15(8-11-17)9-12-19(20)16-5-4-6-18(14-16)21-2/h3-12,14H,1,13H2,2H3/b12-9+. The number of hydrogen-bond acceptors (Lipinski definition) is 3. The van der Waals surface area contributed by atoms with Crippen molar-refractivity contribution in [3.05, 3.63) is 78.4 Å². The van der Waals surface area contributed by atoms with Crippen LogP contribution < -0.4 is 9.47 Å². The molecule has 2 rings (SSSR count). The van der Waals surface area contributed by atoms with E-state index in [9.17, 15) is 4.79 Å². The molecule has 0 unspecified atom stereocenters. The molecular weight excluding hydrogens is 276 g/mol. The molecule has 0 atom stereocenters. The molecule has 0 N–H and O–H groups in total. The molecule has 22 heavy (non-hydrogen) atoms. The van der Waals surface area contributed by atoms with Gasteiger partial charge in [-0.2, -0.15) is 0 Å². The van der Waals surface area contributed by atoms with Crippen LogP contribution in [0.15, 0.2) is 67.3 Å². The van der Waals surface area contributed by atoms with Crippen LogP contribution in [0, 0.1) is 0 Å². The van der Waals surface area contributed by atoms with Gasteiger partial charge in [0.2, 0.25) is 0 Å². The van der Waals surface area contributed by atoms with E-state index in [1.54, 1.807) is 43.5 Å². The number of ether oxygens (including phenoxy) is 2. The van der Waals surface area contributed by atoms with Crippen molar-refractivity contribution in [2.45, 2.75) is 0 Å². The van der Waals surface area contributed by atoms with Crippen molar-refractivity contribution < 1.29 is 14.3 Å². The van der Waals surface area contributed by atoms with Gasteiger partial charge in [-0.3, -0.25) is 4.79 Å². The number of hydrogen-bond donors (Lipinski definition) is 0. The maximum absolute atomic E-state index is 12.1. The van der Waals surface area contributed by atoms with E-state index in [0.717, 1.165) is 11.3 Å². The van der Waals surface area contributed by atoms with Gasteiger partial charge < -0.3 is 9.47 Å². The summed E-state index contributed by atoms with van der Waals surface area (Å²) in [6, 6.07) is 14.6. The fourth-order valence-electron chi connectivity index (χ4n) is 1.87. The van der Waals surface area contributed by atoms with Crippen LogP contribution in [-0.2, 0) is 0 Å². The van der Waals surface area contributed by atoms with Gasteiger partial charge in [-0.05, 0) is 35.9 Å². The third kappa shape index (κ3) is 4.35. The Morgan fingerprint density at radius 2 is 1.91 bits per heavy atom. The maximum atomic E-state index is 12.1. The van der Waals surface area contributed by atoms with Crippen LogP contribution in [-0.4, -0.2) is 19.5 Å². The summed E-state index contributed by atoms with van der Waals surface area (Å²) in [6.45, 7) is 4.08. The first kappa shape index (κ1) is 15.6. The van der Waals surface area contributed by atoms with Crippen molar-refractivity contribution in [3.63, 3.8) is 0 Å². The quantitative estimate of drug-likeness (QED) is 0.437. The van der Waals surface area contributed by atoms with E-state index in [1.165, 1.54) is 0 Å². The van der Waals surface area contributed by atoms with Crippen LogP contribution in [0.25, 0.3) is 6.08 Å². The van der Waals surface area contributed by atoms with Crippen molar-refractivity contribution in [2.75, 3.05) is 13.7 Å². The highest BCUT2D eigenvalue weighted by molar-refractivity contribution is 6.07. The average molecular weight is 294 g/mol. The minimum Gasteiger partial charge on any atom is -0.497 e. The van der Waals surface area contributed by atoms with Crippen molar-refractivity contribution in [1.29, 1.82) is 0 Å². The lowest BCUT2D eigenvalue weighted by Gasteiger charge is -2.03. The number of carbonyl (C=O) groups is 1. The van der Waals surface area contributed by atoms with Gasteiger partial charge in [-0.25, -0.2) is 0 Å². The SMILES string of the molecule is C=CCOc1ccc(/C=C/C(=O)c2cccc(OC)c2)cc1. The molecule has 0 bridgehead atoms. The summed E-state index contributed by atoms with van der Waals surface area (Å²) in [7, 11) is 1.58. The molecule has 3 heteroatoms. The van der Waals surface area contributed by atoms with Gasteiger partial charge in [0.1, 0.15) is 18.1 Å². The Labute approximate surface area is 130 Å². The van der Waals surface area contributed by atoms with Crippen molar-refractivity contribution in [2.24, 2.45) is 0 Å². The van der Waals surface area contributed by atoms with Crippen LogP contribution in [0.3, 0.4) is 0 Å². The molecule has 2 aromatic carbocycles. The summed E-state index contributed by atoms with van der Waals surface area (Å²) in [5, 5.41) is 0. The van der Waals surface area contributed by atoms with Gasteiger partial charge in [0.15, 0.2) is 5.78 Å². The Balaban J connectivity index is 2.04. The molecule has 0 aromatic heterocycles. The van der Waals surface area contributed by atoms with Gasteiger partial charge in [-0.15, -0.1) is 0 Å². The topological polar surface area (TPSA) is 35.5 Å². The van der Waals surface area contributed by atoms with E-state index >= 15 is 0 Å². The molecule has 3 nitrogen and oxygen atoms in total. The highest BCUT2D eigenvalue weighted by Crippen LogP contribution is 2.15. The van der Waals surface area contributed by atoms with E-state index in [4.69, 9.17) is 9.47 Å². The highest BCUT2D eigenvalue weighted by Gasteiger charge is 2.03. The third-order valence-corrected chi connectivity index (χ3v) is 3.03. The molecule has 0 aliphatic carbocycles. The molecule has 112 valence electrons. The summed E-state index contributed by atoms with van der Waals surface area (Å²) >= 11 is 0. The number of benzene rings is 2. The van der Waals surface area contributed by atoms with E-state index in [1.807, 2.05) is 30.3 Å². The average Bonchev–Trinajstić information content (AvgIpc) is 2.58. The van der Waals surface area contributed by atoms with Gasteiger partial charge in [0, 0.05) is 5.56 Å². The number of methoxy groups -OCH3 is 1. The zero-order valence-corrected chi connectivity index (χ0v) is 12.5. The van der Waals surface area contributed by atoms with Crippen LogP contribution in [0.5, 0.6) is 11.5 Å². The first-order chi connectivity index (χ1) is 10.7. The normalized spacial score (nSPS) is 10.4. The summed E-state index contributed by atoms with van der Waals surface area (Å²) in [4.78, 5) is 12.1. The molecule has 0 spiro atoms. The van der Waals surface area contributed by atoms with Gasteiger partial charge in [0.05, 0.1) is 7.11 Å². The first-order valence-electron chi connectivity index (χ1n) is 6.93. The monoisotopic (exact) mass is 294 g/mol. The predicted molar refractivity (Wildman–Crippen MR) is 88.5 cm³/mol. The Morgan fingerprint density at radius 3 is 2.59 bits per heavy atom. The van der Waals surface area contributed by atoms with Gasteiger partial charge in [-0.1, -0.05) is 43.0 Å². The lowest BCUT2D eigenvalue weighted by atomic mass is 10.1. The Bertz CT molecular complexity index is 669. The lowest BCUT2D eigenvalue weighted by Crippen LogP contribution is -1.95. The fraction of sp³-hybridized carbons (Fsp3) is 0.105. The number of carbonyl (C=O) groups excluding carboxylic acids is 1. The van der Waals surface area contributed by atoms with E-state index in [-0.39, 0.29) is 5.78 Å². The smallest absolute Gasteiger partial charge is 0.185 e. The van der Waals surface area contributed by atoms with Crippen molar-refractivity contribution in [3.8, 4) is 11.5 Å². The molecule has 0 radical (unpaired) electrons. The summed E-state index contributed by atoms with van der Waals surface area (Å²) in [5.41, 5.74) is 1.53. The maximum Gasteiger partial charge on any atom is 0.185 e. The van der Waals surface area contributed by atoms with E-state index < -0.39 is 0 Å². The molecular formula is C19H18O3.